The van der Waals surface area contributed by atoms with Crippen molar-refractivity contribution < 1.29 is 13.5 Å². The van der Waals surface area contributed by atoms with Gasteiger partial charge in [-0.1, -0.05) is 6.92 Å². The first-order valence-electron chi connectivity index (χ1n) is 8.09. The number of benzene rings is 1. The molecule has 3 rings (SSSR count). The Hall–Kier alpha value is -0.910. The minimum absolute atomic E-state index is 0. The van der Waals surface area contributed by atoms with E-state index in [-0.39, 0.29) is 24.3 Å². The Morgan fingerprint density at radius 3 is 2.65 bits per heavy atom. The molecular weight excluding hydrogens is 322 g/mol. The van der Waals surface area contributed by atoms with E-state index in [0.717, 1.165) is 51.6 Å². The van der Waals surface area contributed by atoms with Crippen molar-refractivity contribution in [2.24, 2.45) is 5.41 Å². The SMILES string of the molecule is CC1(CN2CCC(Oc3ccc(F)cc3F)CC2)CCNC1.Cl. The van der Waals surface area contributed by atoms with Crippen LogP contribution in [0.3, 0.4) is 0 Å². The summed E-state index contributed by atoms with van der Waals surface area (Å²) in [5.41, 5.74) is 0.372. The molecule has 23 heavy (non-hydrogen) atoms. The van der Waals surface area contributed by atoms with Gasteiger partial charge in [-0.25, -0.2) is 8.78 Å². The summed E-state index contributed by atoms with van der Waals surface area (Å²) >= 11 is 0. The fourth-order valence-corrected chi connectivity index (χ4v) is 3.48. The second-order valence-electron chi connectivity index (χ2n) is 6.91. The van der Waals surface area contributed by atoms with Crippen LogP contribution in [0.25, 0.3) is 0 Å². The van der Waals surface area contributed by atoms with Gasteiger partial charge in [0.25, 0.3) is 0 Å². The number of nitrogens with one attached hydrogen (secondary N) is 1. The van der Waals surface area contributed by atoms with E-state index < -0.39 is 11.6 Å². The van der Waals surface area contributed by atoms with Gasteiger partial charge in [0.05, 0.1) is 0 Å². The molecule has 2 fully saturated rings. The molecule has 2 saturated heterocycles. The molecular formula is C17H25ClF2N2O. The summed E-state index contributed by atoms with van der Waals surface area (Å²) in [6, 6.07) is 3.49. The maximum absolute atomic E-state index is 13.6. The van der Waals surface area contributed by atoms with Crippen molar-refractivity contribution in [2.45, 2.75) is 32.3 Å². The topological polar surface area (TPSA) is 24.5 Å². The van der Waals surface area contributed by atoms with Crippen molar-refractivity contribution in [1.29, 1.82) is 0 Å². The van der Waals surface area contributed by atoms with Gasteiger partial charge in [-0.3, -0.25) is 0 Å². The van der Waals surface area contributed by atoms with Gasteiger partial charge >= 0.3 is 0 Å². The predicted molar refractivity (Wildman–Crippen MR) is 89.3 cm³/mol. The van der Waals surface area contributed by atoms with Gasteiger partial charge in [0, 0.05) is 32.2 Å². The maximum Gasteiger partial charge on any atom is 0.167 e. The molecule has 0 aromatic heterocycles. The molecule has 1 aromatic carbocycles. The van der Waals surface area contributed by atoms with Gasteiger partial charge in [0.15, 0.2) is 11.6 Å². The first-order chi connectivity index (χ1) is 10.5. The van der Waals surface area contributed by atoms with Crippen molar-refractivity contribution in [3.63, 3.8) is 0 Å². The third-order valence-corrected chi connectivity index (χ3v) is 4.78. The number of likely N-dealkylation sites (tertiary alicyclic amines) is 1. The van der Waals surface area contributed by atoms with Crippen LogP contribution in [0.15, 0.2) is 18.2 Å². The molecule has 0 radical (unpaired) electrons. The zero-order valence-corrected chi connectivity index (χ0v) is 14.3. The second-order valence-corrected chi connectivity index (χ2v) is 6.91. The molecule has 0 aliphatic carbocycles. The van der Waals surface area contributed by atoms with Crippen LogP contribution in [-0.2, 0) is 0 Å². The molecule has 2 heterocycles. The Bertz CT molecular complexity index is 515. The molecule has 1 aromatic rings. The predicted octanol–water partition coefficient (Wildman–Crippen LogP) is 3.23. The average Bonchev–Trinajstić information content (AvgIpc) is 2.90. The standard InChI is InChI=1S/C17H24F2N2O.ClH/c1-17(6-7-20-11-17)12-21-8-4-14(5-9-21)22-16-3-2-13(18)10-15(16)19;/h2-3,10,14,20H,4-9,11-12H2,1H3;1H. The van der Waals surface area contributed by atoms with Crippen LogP contribution in [0.1, 0.15) is 26.2 Å². The summed E-state index contributed by atoms with van der Waals surface area (Å²) < 4.78 is 32.2. The molecule has 0 bridgehead atoms. The molecule has 3 nitrogen and oxygen atoms in total. The highest BCUT2D eigenvalue weighted by Crippen LogP contribution is 2.28. The Balaban J connectivity index is 0.00000192. The smallest absolute Gasteiger partial charge is 0.167 e. The van der Waals surface area contributed by atoms with Gasteiger partial charge in [-0.05, 0) is 43.4 Å². The first-order valence-corrected chi connectivity index (χ1v) is 8.09. The van der Waals surface area contributed by atoms with Crippen molar-refractivity contribution >= 4 is 12.4 Å². The number of nitrogens with zero attached hydrogens (tertiary/aromatic N) is 1. The number of rotatable bonds is 4. The zero-order valence-electron chi connectivity index (χ0n) is 13.5. The third kappa shape index (κ3) is 4.78. The molecule has 1 N–H and O–H groups in total. The van der Waals surface area contributed by atoms with Crippen LogP contribution < -0.4 is 10.1 Å². The Kier molecular flexibility index (Phi) is 6.23. The summed E-state index contributed by atoms with van der Waals surface area (Å²) in [5, 5.41) is 3.43. The maximum atomic E-state index is 13.6. The number of halogens is 3. The molecule has 0 spiro atoms. The van der Waals surface area contributed by atoms with Crippen LogP contribution in [0, 0.1) is 17.0 Å². The lowest BCUT2D eigenvalue weighted by atomic mass is 9.88. The summed E-state index contributed by atoms with van der Waals surface area (Å²) in [6.07, 6.45) is 3.02. The highest BCUT2D eigenvalue weighted by Gasteiger charge is 2.32. The van der Waals surface area contributed by atoms with Gasteiger partial charge in [-0.15, -0.1) is 12.4 Å². The minimum Gasteiger partial charge on any atom is -0.487 e. The zero-order chi connectivity index (χ0) is 15.6. The second kappa shape index (κ2) is 7.77. The minimum atomic E-state index is -0.619. The highest BCUT2D eigenvalue weighted by atomic mass is 35.5. The summed E-state index contributed by atoms with van der Waals surface area (Å²) in [6.45, 7) is 7.59. The van der Waals surface area contributed by atoms with Gasteiger partial charge < -0.3 is 15.0 Å². The molecule has 130 valence electrons. The number of hydrogen-bond acceptors (Lipinski definition) is 3. The molecule has 1 unspecified atom stereocenters. The summed E-state index contributed by atoms with van der Waals surface area (Å²) in [4.78, 5) is 2.48. The van der Waals surface area contributed by atoms with Crippen molar-refractivity contribution in [3.8, 4) is 5.75 Å². The van der Waals surface area contributed by atoms with Crippen molar-refractivity contribution in [3.05, 3.63) is 29.8 Å². The van der Waals surface area contributed by atoms with Crippen LogP contribution in [0.4, 0.5) is 8.78 Å². The number of hydrogen-bond donors (Lipinski definition) is 1. The van der Waals surface area contributed by atoms with Crippen LogP contribution >= 0.6 is 12.4 Å². The summed E-state index contributed by atoms with van der Waals surface area (Å²) in [5.74, 6) is -1.03. The van der Waals surface area contributed by atoms with Gasteiger partial charge in [-0.2, -0.15) is 0 Å². The molecule has 0 saturated carbocycles. The first kappa shape index (κ1) is 18.4. The Labute approximate surface area is 142 Å². The fraction of sp³-hybridized carbons (Fsp3) is 0.647. The van der Waals surface area contributed by atoms with E-state index in [2.05, 4.69) is 17.1 Å². The van der Waals surface area contributed by atoms with E-state index in [1.165, 1.54) is 18.6 Å². The highest BCUT2D eigenvalue weighted by molar-refractivity contribution is 5.85. The number of ether oxygens (including phenoxy) is 1. The van der Waals surface area contributed by atoms with Gasteiger partial charge in [0.2, 0.25) is 0 Å². The Morgan fingerprint density at radius 1 is 1.30 bits per heavy atom. The largest absolute Gasteiger partial charge is 0.487 e. The molecule has 1 atom stereocenters. The van der Waals surface area contributed by atoms with Crippen molar-refractivity contribution in [1.82, 2.24) is 10.2 Å². The van der Waals surface area contributed by atoms with Gasteiger partial charge in [0.1, 0.15) is 11.9 Å². The van der Waals surface area contributed by atoms with E-state index >= 15 is 0 Å². The molecule has 2 aliphatic rings. The lowest BCUT2D eigenvalue weighted by Crippen LogP contribution is -2.44. The van der Waals surface area contributed by atoms with Crippen LogP contribution in [0.5, 0.6) is 5.75 Å². The lowest BCUT2D eigenvalue weighted by Gasteiger charge is -2.37. The average molecular weight is 347 g/mol. The van der Waals surface area contributed by atoms with Crippen LogP contribution in [-0.4, -0.2) is 43.7 Å². The normalized spacial score (nSPS) is 26.0. The Morgan fingerprint density at radius 2 is 2.04 bits per heavy atom. The van der Waals surface area contributed by atoms with E-state index in [4.69, 9.17) is 4.74 Å². The quantitative estimate of drug-likeness (QED) is 0.906. The fourth-order valence-electron chi connectivity index (χ4n) is 3.48. The van der Waals surface area contributed by atoms with E-state index in [9.17, 15) is 8.78 Å². The van der Waals surface area contributed by atoms with Crippen molar-refractivity contribution in [2.75, 3.05) is 32.7 Å². The van der Waals surface area contributed by atoms with E-state index in [0.29, 0.717) is 5.41 Å². The molecule has 2 aliphatic heterocycles. The third-order valence-electron chi connectivity index (χ3n) is 4.78. The van der Waals surface area contributed by atoms with Crippen LogP contribution in [0.2, 0.25) is 0 Å². The van der Waals surface area contributed by atoms with E-state index in [1.54, 1.807) is 0 Å². The lowest BCUT2D eigenvalue weighted by molar-refractivity contribution is 0.0751. The molecule has 0 amide bonds. The molecule has 6 heteroatoms. The summed E-state index contributed by atoms with van der Waals surface area (Å²) in [7, 11) is 0. The number of piperidine rings is 1. The van der Waals surface area contributed by atoms with E-state index in [1.807, 2.05) is 0 Å². The monoisotopic (exact) mass is 346 g/mol.